The van der Waals surface area contributed by atoms with Crippen molar-refractivity contribution in [2.45, 2.75) is 66.0 Å². The molecule has 10 nitrogen and oxygen atoms in total. The molecule has 0 spiro atoms. The quantitative estimate of drug-likeness (QED) is 0.443. The molecule has 0 saturated heterocycles. The lowest BCUT2D eigenvalue weighted by molar-refractivity contribution is -0.148. The number of rotatable bonds is 6. The van der Waals surface area contributed by atoms with Gasteiger partial charge < -0.3 is 25.9 Å². The molecule has 4 N–H and O–H groups in total. The third-order valence-electron chi connectivity index (χ3n) is 5.35. The third-order valence-corrected chi connectivity index (χ3v) is 5.35. The maximum absolute atomic E-state index is 13.0. The highest BCUT2D eigenvalue weighted by molar-refractivity contribution is 5.87. The predicted octanol–water partition coefficient (Wildman–Crippen LogP) is 2.02. The van der Waals surface area contributed by atoms with E-state index in [2.05, 4.69) is 34.6 Å². The topological polar surface area (TPSA) is 132 Å². The lowest BCUT2D eigenvalue weighted by Crippen LogP contribution is -2.47. The van der Waals surface area contributed by atoms with Crippen molar-refractivity contribution in [3.05, 3.63) is 23.0 Å². The molecule has 32 heavy (non-hydrogen) atoms. The summed E-state index contributed by atoms with van der Waals surface area (Å²) in [5.41, 5.74) is 11.8. The Bertz CT molecular complexity index is 921. The number of ether oxygens (including phenoxy) is 2. The molecule has 1 aliphatic heterocycles. The summed E-state index contributed by atoms with van der Waals surface area (Å²) in [6, 6.07) is -0.592. The van der Waals surface area contributed by atoms with E-state index >= 15 is 0 Å². The van der Waals surface area contributed by atoms with Crippen LogP contribution in [0, 0.1) is 5.41 Å². The van der Waals surface area contributed by atoms with Crippen molar-refractivity contribution >= 4 is 23.7 Å². The second kappa shape index (κ2) is 8.93. The summed E-state index contributed by atoms with van der Waals surface area (Å²) < 4.78 is 10.7. The van der Waals surface area contributed by atoms with Gasteiger partial charge in [-0.3, -0.25) is 0 Å². The van der Waals surface area contributed by atoms with Crippen LogP contribution in [0.1, 0.15) is 59.2 Å². The Morgan fingerprint density at radius 3 is 2.75 bits per heavy atom. The zero-order valence-corrected chi connectivity index (χ0v) is 19.7. The van der Waals surface area contributed by atoms with Gasteiger partial charge in [-0.1, -0.05) is 13.8 Å². The van der Waals surface area contributed by atoms with Gasteiger partial charge in [-0.25, -0.2) is 24.6 Å². The van der Waals surface area contributed by atoms with Crippen LogP contribution >= 0.6 is 0 Å². The summed E-state index contributed by atoms with van der Waals surface area (Å²) in [6.45, 7) is 12.6. The van der Waals surface area contributed by atoms with E-state index in [0.29, 0.717) is 25.9 Å². The van der Waals surface area contributed by atoms with E-state index in [1.54, 1.807) is 13.1 Å². The van der Waals surface area contributed by atoms with E-state index in [1.807, 2.05) is 25.8 Å². The molecule has 0 fully saturated rings. The van der Waals surface area contributed by atoms with Gasteiger partial charge in [0.15, 0.2) is 6.04 Å². The van der Waals surface area contributed by atoms with Gasteiger partial charge in [-0.15, -0.1) is 0 Å². The lowest BCUT2D eigenvalue weighted by Gasteiger charge is -2.34. The van der Waals surface area contributed by atoms with Gasteiger partial charge in [0, 0.05) is 19.3 Å². The Morgan fingerprint density at radius 1 is 1.38 bits per heavy atom. The molecule has 0 saturated carbocycles. The van der Waals surface area contributed by atoms with Gasteiger partial charge in [-0.2, -0.15) is 0 Å². The van der Waals surface area contributed by atoms with Gasteiger partial charge in [0.1, 0.15) is 5.60 Å². The van der Waals surface area contributed by atoms with E-state index in [9.17, 15) is 9.59 Å². The van der Waals surface area contributed by atoms with Crippen LogP contribution in [0.15, 0.2) is 11.8 Å². The number of nitrogens with two attached hydrogens (primary N) is 1. The van der Waals surface area contributed by atoms with Crippen LogP contribution < -0.4 is 16.5 Å². The van der Waals surface area contributed by atoms with Crippen LogP contribution in [-0.2, 0) is 20.7 Å². The number of nitrogens with zero attached hydrogens (tertiary/aromatic N) is 3. The highest BCUT2D eigenvalue weighted by Gasteiger charge is 2.48. The zero-order valence-electron chi connectivity index (χ0n) is 19.7. The van der Waals surface area contributed by atoms with Crippen molar-refractivity contribution in [1.29, 1.82) is 0 Å². The number of nitrogen functional groups attached to an aromatic ring is 1. The van der Waals surface area contributed by atoms with Crippen LogP contribution in [0.3, 0.4) is 0 Å². The van der Waals surface area contributed by atoms with E-state index in [0.717, 1.165) is 22.5 Å². The molecule has 2 aliphatic rings. The number of esters is 1. The number of nitrogens with one attached hydrogen (secondary N) is 2. The number of carbonyl (C=O) groups excluding carboxylic acids is 2. The summed E-state index contributed by atoms with van der Waals surface area (Å²) in [4.78, 5) is 33.5. The number of carbonyl (C=O) groups is 2. The lowest BCUT2D eigenvalue weighted by atomic mass is 9.71. The molecule has 1 atom stereocenters. The molecule has 1 unspecified atom stereocenters. The maximum Gasteiger partial charge on any atom is 0.407 e. The first-order chi connectivity index (χ1) is 14.9. The number of alkyl carbamates (subject to hydrolysis) is 1. The van der Waals surface area contributed by atoms with Gasteiger partial charge in [0.25, 0.3) is 0 Å². The molecular weight excluding hydrogens is 412 g/mol. The number of amides is 1. The Labute approximate surface area is 188 Å². The van der Waals surface area contributed by atoms with Crippen LogP contribution in [0.5, 0.6) is 0 Å². The van der Waals surface area contributed by atoms with Crippen molar-refractivity contribution in [3.8, 4) is 0 Å². The third kappa shape index (κ3) is 5.12. The van der Waals surface area contributed by atoms with Crippen molar-refractivity contribution in [3.63, 3.8) is 0 Å². The molecular formula is C22H34N6O4. The van der Waals surface area contributed by atoms with Crippen LogP contribution in [0.25, 0.3) is 5.70 Å². The highest BCUT2D eigenvalue weighted by Crippen LogP contribution is 2.46. The number of hydrazine groups is 1. The monoisotopic (exact) mass is 446 g/mol. The van der Waals surface area contributed by atoms with Gasteiger partial charge in [-0.05, 0) is 57.1 Å². The number of anilines is 1. The average Bonchev–Trinajstić information content (AvgIpc) is 3.06. The minimum atomic E-state index is -0.592. The van der Waals surface area contributed by atoms with Gasteiger partial charge >= 0.3 is 12.1 Å². The second-order valence-corrected chi connectivity index (χ2v) is 9.69. The van der Waals surface area contributed by atoms with Crippen molar-refractivity contribution in [2.75, 3.05) is 25.4 Å². The Kier molecular flexibility index (Phi) is 6.64. The molecule has 1 aliphatic carbocycles. The minimum absolute atomic E-state index is 0.185. The summed E-state index contributed by atoms with van der Waals surface area (Å²) in [6.07, 6.45) is 2.57. The first-order valence-corrected chi connectivity index (χ1v) is 11.0. The fourth-order valence-electron chi connectivity index (χ4n) is 4.19. The number of fused-ring (bicyclic) bond motifs is 2. The predicted molar refractivity (Wildman–Crippen MR) is 120 cm³/mol. The first-order valence-electron chi connectivity index (χ1n) is 11.0. The Balaban J connectivity index is 1.79. The summed E-state index contributed by atoms with van der Waals surface area (Å²) in [7, 11) is 0. The smallest absolute Gasteiger partial charge is 0.407 e. The molecule has 0 aromatic carbocycles. The standard InChI is InChI=1S/C22H34N6O4/c1-7-31-18(29)17-14-16(15-13(11-22(14,5)6)12-25-19(23)26-15)27-28(17)10-8-9-24-20(30)32-21(2,3)4/h12,17,27H,7-11H2,1-6H3,(H,24,30)(H2,23,25,26). The van der Waals surface area contributed by atoms with Gasteiger partial charge in [0.05, 0.1) is 18.0 Å². The molecule has 10 heteroatoms. The molecule has 1 aromatic heterocycles. The molecule has 2 heterocycles. The normalized spacial score (nSPS) is 19.6. The highest BCUT2D eigenvalue weighted by atomic mass is 16.6. The van der Waals surface area contributed by atoms with E-state index in [1.165, 1.54) is 0 Å². The fourth-order valence-corrected chi connectivity index (χ4v) is 4.19. The molecule has 3 rings (SSSR count). The SMILES string of the molecule is CCOC(=O)C1C2=C(NN1CCCNC(=O)OC(C)(C)C)c1nc(N)ncc1CC2(C)C. The summed E-state index contributed by atoms with van der Waals surface area (Å²) >= 11 is 0. The minimum Gasteiger partial charge on any atom is -0.465 e. The van der Waals surface area contributed by atoms with Crippen molar-refractivity contribution in [1.82, 2.24) is 25.7 Å². The first kappa shape index (κ1) is 23.8. The zero-order chi connectivity index (χ0) is 23.7. The average molecular weight is 447 g/mol. The number of aromatic nitrogens is 2. The van der Waals surface area contributed by atoms with Crippen molar-refractivity contribution < 1.29 is 19.1 Å². The van der Waals surface area contributed by atoms with Crippen LogP contribution in [0.4, 0.5) is 10.7 Å². The molecule has 0 radical (unpaired) electrons. The molecule has 176 valence electrons. The number of hydrogen-bond donors (Lipinski definition) is 3. The summed E-state index contributed by atoms with van der Waals surface area (Å²) in [5, 5.41) is 4.61. The fraction of sp³-hybridized carbons (Fsp3) is 0.636. The maximum atomic E-state index is 13.0. The van der Waals surface area contributed by atoms with Crippen LogP contribution in [-0.4, -0.2) is 58.4 Å². The van der Waals surface area contributed by atoms with E-state index in [4.69, 9.17) is 15.2 Å². The Morgan fingerprint density at radius 2 is 2.09 bits per heavy atom. The van der Waals surface area contributed by atoms with Gasteiger partial charge in [0.2, 0.25) is 5.95 Å². The second-order valence-electron chi connectivity index (χ2n) is 9.69. The van der Waals surface area contributed by atoms with E-state index in [-0.39, 0.29) is 23.9 Å². The summed E-state index contributed by atoms with van der Waals surface area (Å²) in [5.74, 6) is -0.131. The van der Waals surface area contributed by atoms with E-state index < -0.39 is 17.7 Å². The van der Waals surface area contributed by atoms with Crippen LogP contribution in [0.2, 0.25) is 0 Å². The molecule has 1 amide bonds. The molecule has 1 aromatic rings. The molecule has 0 bridgehead atoms. The Hall–Kier alpha value is -2.88. The largest absolute Gasteiger partial charge is 0.465 e. The van der Waals surface area contributed by atoms with Crippen molar-refractivity contribution in [2.24, 2.45) is 5.41 Å². The number of hydrogen-bond acceptors (Lipinski definition) is 9.